The fourth-order valence-corrected chi connectivity index (χ4v) is 3.63. The number of nitrogens with two attached hydrogens (primary N) is 1. The molecule has 0 aliphatic heterocycles. The summed E-state index contributed by atoms with van der Waals surface area (Å²) in [7, 11) is 3.50. The second kappa shape index (κ2) is 6.06. The Morgan fingerprint density at radius 3 is 2.81 bits per heavy atom. The lowest BCUT2D eigenvalue weighted by molar-refractivity contribution is 0.0443. The number of aliphatic hydroxyl groups is 1. The van der Waals surface area contributed by atoms with Gasteiger partial charge in [-0.2, -0.15) is 0 Å². The number of aliphatic hydroxyl groups excluding tert-OH is 1. The van der Waals surface area contributed by atoms with Crippen LogP contribution in [0.15, 0.2) is 25.2 Å². The molecule has 0 radical (unpaired) electrons. The zero-order valence-electron chi connectivity index (χ0n) is 14.5. The van der Waals surface area contributed by atoms with E-state index >= 15 is 0 Å². The van der Waals surface area contributed by atoms with Gasteiger partial charge in [-0.3, -0.25) is 4.79 Å². The maximum absolute atomic E-state index is 12.6. The fraction of sp³-hybridized carbons (Fsp3) is 0.438. The van der Waals surface area contributed by atoms with Crippen molar-refractivity contribution in [3.8, 4) is 0 Å². The standard InChI is InChI=1S/C16H20N8O2/c1-22-5-9(20-7-22)16(26)23(2)10-3-4-11(13(10)25)24-8-21-12-14(17)18-6-19-15(12)24/h5-8,10-11,13,25H,3-4H2,1-2H3,(H2,17,18,19)/t10-,11+,13+/m1/s1. The SMILES string of the molecule is CN(C(=O)c1cn(C)cn1)[C@@H]1CC[C@H](n2cnc3c(N)ncnc32)[C@H]1O. The molecule has 3 heterocycles. The van der Waals surface area contributed by atoms with Gasteiger partial charge in [-0.1, -0.05) is 0 Å². The second-order valence-electron chi connectivity index (χ2n) is 6.63. The molecule has 0 saturated heterocycles. The van der Waals surface area contributed by atoms with Crippen molar-refractivity contribution in [3.05, 3.63) is 30.9 Å². The van der Waals surface area contributed by atoms with E-state index in [1.54, 1.807) is 35.4 Å². The molecule has 3 aromatic heterocycles. The van der Waals surface area contributed by atoms with Gasteiger partial charge in [0.1, 0.15) is 17.5 Å². The van der Waals surface area contributed by atoms with Gasteiger partial charge in [-0.15, -0.1) is 0 Å². The van der Waals surface area contributed by atoms with Crippen molar-refractivity contribution >= 4 is 22.9 Å². The quantitative estimate of drug-likeness (QED) is 0.675. The van der Waals surface area contributed by atoms with E-state index in [0.717, 1.165) is 0 Å². The number of aromatic nitrogens is 6. The van der Waals surface area contributed by atoms with Crippen LogP contribution in [-0.2, 0) is 7.05 Å². The first-order chi connectivity index (χ1) is 12.5. The van der Waals surface area contributed by atoms with Crippen LogP contribution in [-0.4, -0.2) is 64.2 Å². The third-order valence-electron chi connectivity index (χ3n) is 5.03. The Morgan fingerprint density at radius 1 is 1.27 bits per heavy atom. The summed E-state index contributed by atoms with van der Waals surface area (Å²) in [5, 5.41) is 10.9. The maximum atomic E-state index is 12.6. The lowest BCUT2D eigenvalue weighted by Crippen LogP contribution is -2.43. The maximum Gasteiger partial charge on any atom is 0.274 e. The summed E-state index contributed by atoms with van der Waals surface area (Å²) < 4.78 is 3.54. The van der Waals surface area contributed by atoms with Crippen LogP contribution in [0, 0.1) is 0 Å². The van der Waals surface area contributed by atoms with Gasteiger partial charge in [0.2, 0.25) is 0 Å². The predicted molar refractivity (Wildman–Crippen MR) is 93.1 cm³/mol. The highest BCUT2D eigenvalue weighted by Crippen LogP contribution is 2.35. The number of rotatable bonds is 3. The Bertz CT molecular complexity index is 964. The van der Waals surface area contributed by atoms with E-state index in [2.05, 4.69) is 19.9 Å². The summed E-state index contributed by atoms with van der Waals surface area (Å²) in [6.07, 6.45) is 6.86. The highest BCUT2D eigenvalue weighted by Gasteiger charge is 2.40. The molecular formula is C16H20N8O2. The van der Waals surface area contributed by atoms with Gasteiger partial charge in [-0.05, 0) is 12.8 Å². The normalized spacial score (nSPS) is 22.8. The number of carbonyl (C=O) groups is 1. The third kappa shape index (κ3) is 2.49. The lowest BCUT2D eigenvalue weighted by Gasteiger charge is -2.28. The van der Waals surface area contributed by atoms with Crippen molar-refractivity contribution < 1.29 is 9.90 Å². The summed E-state index contributed by atoms with van der Waals surface area (Å²) in [5.74, 6) is 0.0950. The first kappa shape index (κ1) is 16.5. The monoisotopic (exact) mass is 356 g/mol. The first-order valence-corrected chi connectivity index (χ1v) is 8.33. The number of hydrogen-bond acceptors (Lipinski definition) is 7. The molecule has 10 nitrogen and oxygen atoms in total. The summed E-state index contributed by atoms with van der Waals surface area (Å²) in [6, 6.07) is -0.551. The first-order valence-electron chi connectivity index (χ1n) is 8.33. The topological polar surface area (TPSA) is 128 Å². The largest absolute Gasteiger partial charge is 0.389 e. The Balaban J connectivity index is 1.58. The molecule has 1 aliphatic carbocycles. The molecule has 1 amide bonds. The number of likely N-dealkylation sites (N-methyl/N-ethyl adjacent to an activating group) is 1. The van der Waals surface area contributed by atoms with Gasteiger partial charge in [0, 0.05) is 20.3 Å². The third-order valence-corrected chi connectivity index (χ3v) is 5.03. The van der Waals surface area contributed by atoms with Gasteiger partial charge in [0.15, 0.2) is 11.5 Å². The van der Waals surface area contributed by atoms with E-state index in [0.29, 0.717) is 35.5 Å². The van der Waals surface area contributed by atoms with Gasteiger partial charge in [-0.25, -0.2) is 19.9 Å². The smallest absolute Gasteiger partial charge is 0.274 e. The van der Waals surface area contributed by atoms with Crippen molar-refractivity contribution in [2.24, 2.45) is 7.05 Å². The van der Waals surface area contributed by atoms with Crippen molar-refractivity contribution in [3.63, 3.8) is 0 Å². The zero-order chi connectivity index (χ0) is 18.4. The molecule has 26 heavy (non-hydrogen) atoms. The summed E-state index contributed by atoms with van der Waals surface area (Å²) in [6.45, 7) is 0. The molecular weight excluding hydrogens is 336 g/mol. The second-order valence-corrected chi connectivity index (χ2v) is 6.63. The van der Waals surface area contributed by atoms with E-state index < -0.39 is 6.10 Å². The molecule has 10 heteroatoms. The number of nitrogens with zero attached hydrogens (tertiary/aromatic N) is 7. The van der Waals surface area contributed by atoms with Gasteiger partial charge >= 0.3 is 0 Å². The minimum absolute atomic E-state index is 0.211. The highest BCUT2D eigenvalue weighted by molar-refractivity contribution is 5.92. The van der Waals surface area contributed by atoms with E-state index in [1.807, 2.05) is 11.6 Å². The molecule has 1 aliphatic rings. The van der Waals surface area contributed by atoms with Crippen molar-refractivity contribution in [1.29, 1.82) is 0 Å². The molecule has 136 valence electrons. The molecule has 3 atom stereocenters. The Hall–Kier alpha value is -3.01. The minimum Gasteiger partial charge on any atom is -0.389 e. The Morgan fingerprint density at radius 2 is 2.08 bits per heavy atom. The van der Waals surface area contributed by atoms with Crippen LogP contribution in [0.5, 0.6) is 0 Å². The summed E-state index contributed by atoms with van der Waals surface area (Å²) in [4.78, 5) is 30.7. The van der Waals surface area contributed by atoms with Crippen LogP contribution in [0.2, 0.25) is 0 Å². The number of aryl methyl sites for hydroxylation is 1. The van der Waals surface area contributed by atoms with Crippen LogP contribution in [0.4, 0.5) is 5.82 Å². The molecule has 0 unspecified atom stereocenters. The average molecular weight is 356 g/mol. The zero-order valence-corrected chi connectivity index (χ0v) is 14.5. The number of carbonyl (C=O) groups excluding carboxylic acids is 1. The number of amides is 1. The van der Waals surface area contributed by atoms with Crippen molar-refractivity contribution in [1.82, 2.24) is 34.0 Å². The number of anilines is 1. The van der Waals surface area contributed by atoms with Gasteiger partial charge in [0.25, 0.3) is 5.91 Å². The summed E-state index contributed by atoms with van der Waals surface area (Å²) in [5.41, 5.74) is 7.29. The highest BCUT2D eigenvalue weighted by atomic mass is 16.3. The molecule has 3 aromatic rings. The van der Waals surface area contributed by atoms with Crippen LogP contribution in [0.25, 0.3) is 11.2 Å². The van der Waals surface area contributed by atoms with E-state index in [1.165, 1.54) is 6.33 Å². The van der Waals surface area contributed by atoms with E-state index in [-0.39, 0.29) is 18.0 Å². The fourth-order valence-electron chi connectivity index (χ4n) is 3.63. The van der Waals surface area contributed by atoms with Crippen molar-refractivity contribution in [2.75, 3.05) is 12.8 Å². The minimum atomic E-state index is -0.749. The number of nitrogen functional groups attached to an aromatic ring is 1. The van der Waals surface area contributed by atoms with Gasteiger partial charge in [0.05, 0.1) is 30.8 Å². The van der Waals surface area contributed by atoms with Crippen molar-refractivity contribution in [2.45, 2.75) is 31.0 Å². The molecule has 0 bridgehead atoms. The molecule has 1 saturated carbocycles. The molecule has 3 N–H and O–H groups in total. The lowest BCUT2D eigenvalue weighted by atomic mass is 10.1. The Kier molecular flexibility index (Phi) is 3.83. The average Bonchev–Trinajstić information content (AvgIpc) is 3.32. The predicted octanol–water partition coefficient (Wildman–Crippen LogP) is -0.0214. The molecule has 1 fully saturated rings. The number of imidazole rings is 2. The van der Waals surface area contributed by atoms with Crippen LogP contribution >= 0.6 is 0 Å². The number of fused-ring (bicyclic) bond motifs is 1. The van der Waals surface area contributed by atoms with Crippen LogP contribution < -0.4 is 5.73 Å². The van der Waals surface area contributed by atoms with Crippen LogP contribution in [0.1, 0.15) is 29.4 Å². The summed E-state index contributed by atoms with van der Waals surface area (Å²) >= 11 is 0. The Labute approximate surface area is 149 Å². The molecule has 4 rings (SSSR count). The van der Waals surface area contributed by atoms with Crippen LogP contribution in [0.3, 0.4) is 0 Å². The van der Waals surface area contributed by atoms with Gasteiger partial charge < -0.3 is 24.9 Å². The van der Waals surface area contributed by atoms with E-state index in [9.17, 15) is 9.90 Å². The molecule has 0 spiro atoms. The number of hydrogen-bond donors (Lipinski definition) is 2. The molecule has 0 aromatic carbocycles. The van der Waals surface area contributed by atoms with E-state index in [4.69, 9.17) is 5.73 Å².